The van der Waals surface area contributed by atoms with Crippen molar-refractivity contribution >= 4 is 16.2 Å². The maximum Gasteiger partial charge on any atom is 0.276 e. The van der Waals surface area contributed by atoms with Crippen molar-refractivity contribution in [2.75, 3.05) is 0 Å². The van der Waals surface area contributed by atoms with E-state index in [4.69, 9.17) is 0 Å². The van der Waals surface area contributed by atoms with Crippen LogP contribution in [-0.2, 0) is 31.7 Å². The maximum atomic E-state index is 13.0. The van der Waals surface area contributed by atoms with E-state index in [1.54, 1.807) is 12.1 Å². The van der Waals surface area contributed by atoms with Gasteiger partial charge >= 0.3 is 0 Å². The van der Waals surface area contributed by atoms with Gasteiger partial charge in [0, 0.05) is 5.56 Å². The van der Waals surface area contributed by atoms with Crippen LogP contribution in [0.1, 0.15) is 127 Å². The van der Waals surface area contributed by atoms with Crippen molar-refractivity contribution in [1.29, 1.82) is 0 Å². The first-order valence-corrected chi connectivity index (χ1v) is 15.6. The fourth-order valence-corrected chi connectivity index (χ4v) is 8.67. The minimum Gasteiger partial charge on any atom is -0.200 e. The van der Waals surface area contributed by atoms with Crippen molar-refractivity contribution in [3.05, 3.63) is 63.7 Å². The van der Waals surface area contributed by atoms with Gasteiger partial charge in [0.05, 0.1) is 11.1 Å². The summed E-state index contributed by atoms with van der Waals surface area (Å²) in [7, 11) is -3.75. The molecule has 2 aromatic carbocycles. The molecule has 0 spiro atoms. The molecule has 2 aliphatic rings. The summed E-state index contributed by atoms with van der Waals surface area (Å²) in [5.41, 5.74) is 8.06. The van der Waals surface area contributed by atoms with Crippen molar-refractivity contribution in [3.63, 3.8) is 0 Å². The molecule has 0 aliphatic heterocycles. The van der Waals surface area contributed by atoms with Gasteiger partial charge in [-0.25, -0.2) is 4.83 Å². The topological polar surface area (TPSA) is 58.5 Å². The van der Waals surface area contributed by atoms with Crippen LogP contribution in [0, 0.1) is 6.92 Å². The smallest absolute Gasteiger partial charge is 0.200 e. The second kappa shape index (κ2) is 9.25. The number of rotatable bonds is 8. The van der Waals surface area contributed by atoms with Crippen molar-refractivity contribution in [2.45, 2.75) is 127 Å². The number of hydrogen-bond donors (Lipinski definition) is 1. The Labute approximate surface area is 225 Å². The highest BCUT2D eigenvalue weighted by molar-refractivity contribution is 7.89. The van der Waals surface area contributed by atoms with Gasteiger partial charge in [0.2, 0.25) is 0 Å². The van der Waals surface area contributed by atoms with E-state index in [-0.39, 0.29) is 26.6 Å². The Balaban J connectivity index is 1.95. The number of benzene rings is 2. The summed E-state index contributed by atoms with van der Waals surface area (Å²) in [6.07, 6.45) is 8.44. The molecular formula is C32H46N2O2S. The summed E-state index contributed by atoms with van der Waals surface area (Å²) in [5.74, 6) is 0. The Kier molecular flexibility index (Phi) is 6.97. The first kappa shape index (κ1) is 27.9. The summed E-state index contributed by atoms with van der Waals surface area (Å²) in [6, 6.07) is 9.45. The zero-order valence-electron chi connectivity index (χ0n) is 24.4. The lowest BCUT2D eigenvalue weighted by Gasteiger charge is -2.32. The SMILES string of the molecule is CCC1(CC)CC(C)(C)c2c1cc1c(c2/C=N/NS(=O)(=O)c2ccc(C)cc2)C(C)(C)CC1(CC)CC. The number of hydrogen-bond acceptors (Lipinski definition) is 3. The van der Waals surface area contributed by atoms with E-state index >= 15 is 0 Å². The number of fused-ring (bicyclic) bond motifs is 2. The molecule has 0 unspecified atom stereocenters. The fraction of sp³-hybridized carbons (Fsp3) is 0.594. The number of nitrogens with zero attached hydrogens (tertiary/aromatic N) is 1. The zero-order chi connectivity index (χ0) is 27.4. The van der Waals surface area contributed by atoms with Crippen molar-refractivity contribution in [3.8, 4) is 0 Å². The predicted molar refractivity (Wildman–Crippen MR) is 155 cm³/mol. The second-order valence-corrected chi connectivity index (χ2v) is 14.6. The molecule has 0 saturated heterocycles. The third-order valence-electron chi connectivity index (χ3n) is 9.83. The van der Waals surface area contributed by atoms with E-state index in [0.29, 0.717) is 0 Å². The van der Waals surface area contributed by atoms with Crippen LogP contribution in [0.15, 0.2) is 40.3 Å². The molecule has 2 aliphatic carbocycles. The average Bonchev–Trinajstić information content (AvgIpc) is 3.23. The molecule has 0 heterocycles. The molecule has 4 nitrogen and oxygen atoms in total. The van der Waals surface area contributed by atoms with Crippen LogP contribution < -0.4 is 4.83 Å². The number of nitrogens with one attached hydrogen (secondary N) is 1. The predicted octanol–water partition coefficient (Wildman–Crippen LogP) is 7.79. The van der Waals surface area contributed by atoms with Gasteiger partial charge in [-0.1, -0.05) is 79.2 Å². The second-order valence-electron chi connectivity index (χ2n) is 12.9. The molecule has 0 atom stereocenters. The summed E-state index contributed by atoms with van der Waals surface area (Å²) in [4.78, 5) is 2.75. The summed E-state index contributed by atoms with van der Waals surface area (Å²) < 4.78 is 26.0. The molecule has 2 aromatic rings. The van der Waals surface area contributed by atoms with E-state index in [0.717, 1.165) is 49.7 Å². The fourth-order valence-electron chi connectivity index (χ4n) is 7.88. The number of sulfonamides is 1. The van der Waals surface area contributed by atoms with E-state index in [2.05, 4.69) is 71.4 Å². The molecule has 37 heavy (non-hydrogen) atoms. The largest absolute Gasteiger partial charge is 0.276 e. The van der Waals surface area contributed by atoms with Crippen molar-refractivity contribution in [1.82, 2.24) is 4.83 Å². The highest BCUT2D eigenvalue weighted by Crippen LogP contribution is 2.61. The lowest BCUT2D eigenvalue weighted by atomic mass is 9.72. The minimum absolute atomic E-state index is 0.0205. The van der Waals surface area contributed by atoms with Gasteiger partial charge in [0.15, 0.2) is 0 Å². The maximum absolute atomic E-state index is 13.0. The van der Waals surface area contributed by atoms with Crippen LogP contribution in [0.3, 0.4) is 0 Å². The summed E-state index contributed by atoms with van der Waals surface area (Å²) in [5, 5.41) is 4.43. The summed E-state index contributed by atoms with van der Waals surface area (Å²) in [6.45, 7) is 20.7. The van der Waals surface area contributed by atoms with Crippen LogP contribution in [0.2, 0.25) is 0 Å². The lowest BCUT2D eigenvalue weighted by molar-refractivity contribution is 0.322. The van der Waals surface area contributed by atoms with E-state index < -0.39 is 10.0 Å². The highest BCUT2D eigenvalue weighted by atomic mass is 32.2. The van der Waals surface area contributed by atoms with Gasteiger partial charge in [-0.3, -0.25) is 0 Å². The molecule has 0 fully saturated rings. The molecule has 4 rings (SSSR count). The number of aryl methyl sites for hydroxylation is 1. The third kappa shape index (κ3) is 4.35. The normalized spacial score (nSPS) is 20.7. The monoisotopic (exact) mass is 522 g/mol. The van der Waals surface area contributed by atoms with Crippen LogP contribution in [0.4, 0.5) is 0 Å². The molecule has 0 amide bonds. The Hall–Kier alpha value is -2.14. The molecule has 0 saturated carbocycles. The molecule has 5 heteroatoms. The molecule has 1 N–H and O–H groups in total. The van der Waals surface area contributed by atoms with Gasteiger partial charge in [-0.05, 0) is 101 Å². The molecule has 0 radical (unpaired) electrons. The van der Waals surface area contributed by atoms with E-state index in [1.807, 2.05) is 25.3 Å². The van der Waals surface area contributed by atoms with Crippen LogP contribution >= 0.6 is 0 Å². The molecular weight excluding hydrogens is 476 g/mol. The Morgan fingerprint density at radius 2 is 1.24 bits per heavy atom. The summed E-state index contributed by atoms with van der Waals surface area (Å²) >= 11 is 0. The van der Waals surface area contributed by atoms with Gasteiger partial charge in [0.1, 0.15) is 0 Å². The van der Waals surface area contributed by atoms with Gasteiger partial charge in [0.25, 0.3) is 10.0 Å². The Morgan fingerprint density at radius 1 is 0.811 bits per heavy atom. The first-order valence-electron chi connectivity index (χ1n) is 14.1. The molecule has 0 bridgehead atoms. The minimum atomic E-state index is -3.75. The number of hydrazone groups is 1. The van der Waals surface area contributed by atoms with E-state index in [1.165, 1.54) is 22.3 Å². The Morgan fingerprint density at radius 3 is 1.65 bits per heavy atom. The standard InChI is InChI=1S/C32H46N2O2S/c1-10-31(11-2)20-29(6,7)27-24(19-33-34-37(35,36)23-16-14-22(5)15-17-23)28-26(18-25(27)31)32(12-3,13-4)21-30(28,8)9/h14-19,34H,10-13,20-21H2,1-9H3/b33-19+. The van der Waals surface area contributed by atoms with Crippen molar-refractivity contribution < 1.29 is 8.42 Å². The van der Waals surface area contributed by atoms with Crippen molar-refractivity contribution in [2.24, 2.45) is 5.10 Å². The van der Waals surface area contributed by atoms with Gasteiger partial charge < -0.3 is 0 Å². The Bertz CT molecular complexity index is 1250. The van der Waals surface area contributed by atoms with Gasteiger partial charge in [-0.2, -0.15) is 13.5 Å². The highest BCUT2D eigenvalue weighted by Gasteiger charge is 2.53. The third-order valence-corrected chi connectivity index (χ3v) is 11.1. The quantitative estimate of drug-likeness (QED) is 0.284. The van der Waals surface area contributed by atoms with Crippen LogP contribution in [0.25, 0.3) is 0 Å². The van der Waals surface area contributed by atoms with E-state index in [9.17, 15) is 8.42 Å². The first-order chi connectivity index (χ1) is 17.2. The lowest BCUT2D eigenvalue weighted by Crippen LogP contribution is -2.26. The molecule has 0 aromatic heterocycles. The van der Waals surface area contributed by atoms with Crippen LogP contribution in [-0.4, -0.2) is 14.6 Å². The average molecular weight is 523 g/mol. The van der Waals surface area contributed by atoms with Crippen LogP contribution in [0.5, 0.6) is 0 Å². The molecule has 202 valence electrons. The van der Waals surface area contributed by atoms with Gasteiger partial charge in [-0.15, -0.1) is 0 Å². The zero-order valence-corrected chi connectivity index (χ0v) is 25.2.